The van der Waals surface area contributed by atoms with Crippen molar-refractivity contribution in [2.45, 2.75) is 12.8 Å². The van der Waals surface area contributed by atoms with E-state index in [1.165, 1.54) is 12.1 Å². The summed E-state index contributed by atoms with van der Waals surface area (Å²) in [6, 6.07) is 11.9. The molecule has 0 atom stereocenters. The summed E-state index contributed by atoms with van der Waals surface area (Å²) in [6.45, 7) is 2.48. The molecule has 122 valence electrons. The molecule has 5 heteroatoms. The first kappa shape index (κ1) is 15.9. The number of rotatable bonds is 4. The van der Waals surface area contributed by atoms with E-state index in [-0.39, 0.29) is 5.82 Å². The number of ether oxygens (including phenoxy) is 1. The van der Waals surface area contributed by atoms with Crippen molar-refractivity contribution in [3.05, 3.63) is 53.3 Å². The Balaban J connectivity index is 1.52. The van der Waals surface area contributed by atoms with Gasteiger partial charge < -0.3 is 15.4 Å². The van der Waals surface area contributed by atoms with Crippen LogP contribution in [-0.2, 0) is 0 Å². The molecule has 1 heterocycles. The molecular formula is C18H20ClFN2O. The van der Waals surface area contributed by atoms with Gasteiger partial charge in [-0.2, -0.15) is 0 Å². The summed E-state index contributed by atoms with van der Waals surface area (Å²) < 4.78 is 18.8. The molecule has 3 rings (SSSR count). The monoisotopic (exact) mass is 334 g/mol. The van der Waals surface area contributed by atoms with Crippen LogP contribution in [0.25, 0.3) is 0 Å². The number of anilines is 2. The summed E-state index contributed by atoms with van der Waals surface area (Å²) in [4.78, 5) is 2.28. The largest absolute Gasteiger partial charge is 0.493 e. The summed E-state index contributed by atoms with van der Waals surface area (Å²) in [7, 11) is 0. The number of nitrogen functional groups attached to an aromatic ring is 1. The van der Waals surface area contributed by atoms with Gasteiger partial charge in [0.15, 0.2) is 0 Å². The Kier molecular flexibility index (Phi) is 4.91. The van der Waals surface area contributed by atoms with E-state index < -0.39 is 0 Å². The summed E-state index contributed by atoms with van der Waals surface area (Å²) in [5.41, 5.74) is 7.45. The van der Waals surface area contributed by atoms with Crippen LogP contribution in [0.4, 0.5) is 15.8 Å². The van der Waals surface area contributed by atoms with Gasteiger partial charge in [-0.25, -0.2) is 4.39 Å². The van der Waals surface area contributed by atoms with Crippen molar-refractivity contribution < 1.29 is 9.13 Å². The fraction of sp³-hybridized carbons (Fsp3) is 0.333. The van der Waals surface area contributed by atoms with Crippen LogP contribution >= 0.6 is 11.6 Å². The molecule has 23 heavy (non-hydrogen) atoms. The molecule has 0 bridgehead atoms. The average molecular weight is 335 g/mol. The minimum Gasteiger partial charge on any atom is -0.493 e. The van der Waals surface area contributed by atoms with Crippen molar-refractivity contribution >= 4 is 23.0 Å². The maximum atomic E-state index is 13.1. The molecule has 0 aromatic heterocycles. The van der Waals surface area contributed by atoms with E-state index in [4.69, 9.17) is 22.1 Å². The third-order valence-corrected chi connectivity index (χ3v) is 4.51. The molecule has 2 N–H and O–H groups in total. The number of nitrogens with zero attached hydrogens (tertiary/aromatic N) is 1. The molecule has 1 aliphatic heterocycles. The van der Waals surface area contributed by atoms with Gasteiger partial charge in [-0.1, -0.05) is 17.7 Å². The zero-order valence-electron chi connectivity index (χ0n) is 12.8. The molecule has 2 aromatic rings. The van der Waals surface area contributed by atoms with Crippen molar-refractivity contribution in [2.75, 3.05) is 30.3 Å². The topological polar surface area (TPSA) is 38.5 Å². The van der Waals surface area contributed by atoms with Gasteiger partial charge in [-0.15, -0.1) is 0 Å². The van der Waals surface area contributed by atoms with Gasteiger partial charge in [0.1, 0.15) is 11.6 Å². The molecule has 0 spiro atoms. The maximum Gasteiger partial charge on any atom is 0.126 e. The first-order valence-electron chi connectivity index (χ1n) is 7.80. The van der Waals surface area contributed by atoms with E-state index in [9.17, 15) is 4.39 Å². The van der Waals surface area contributed by atoms with Gasteiger partial charge in [-0.05, 0) is 49.1 Å². The highest BCUT2D eigenvalue weighted by Crippen LogP contribution is 2.31. The van der Waals surface area contributed by atoms with E-state index in [0.717, 1.165) is 31.6 Å². The van der Waals surface area contributed by atoms with Crippen LogP contribution in [0.15, 0.2) is 42.5 Å². The van der Waals surface area contributed by atoms with Gasteiger partial charge in [0, 0.05) is 24.8 Å². The highest BCUT2D eigenvalue weighted by molar-refractivity contribution is 6.33. The molecule has 0 saturated carbocycles. The fourth-order valence-corrected chi connectivity index (χ4v) is 3.20. The second-order valence-electron chi connectivity index (χ2n) is 5.91. The van der Waals surface area contributed by atoms with Gasteiger partial charge in [-0.3, -0.25) is 0 Å². The van der Waals surface area contributed by atoms with Crippen LogP contribution in [0, 0.1) is 11.7 Å². The Hall–Kier alpha value is -1.94. The molecule has 0 unspecified atom stereocenters. The minimum absolute atomic E-state index is 0.268. The first-order valence-corrected chi connectivity index (χ1v) is 8.18. The minimum atomic E-state index is -0.268. The molecule has 3 nitrogen and oxygen atoms in total. The van der Waals surface area contributed by atoms with Crippen molar-refractivity contribution in [3.63, 3.8) is 0 Å². The van der Waals surface area contributed by atoms with E-state index in [0.29, 0.717) is 29.0 Å². The summed E-state index contributed by atoms with van der Waals surface area (Å²) in [6.07, 6.45) is 2.05. The Bertz CT molecular complexity index is 672. The van der Waals surface area contributed by atoms with Crippen LogP contribution in [0.2, 0.25) is 5.02 Å². The lowest BCUT2D eigenvalue weighted by Gasteiger charge is -2.34. The number of halogens is 2. The lowest BCUT2D eigenvalue weighted by atomic mass is 9.97. The second kappa shape index (κ2) is 7.09. The normalized spacial score (nSPS) is 15.7. The third-order valence-electron chi connectivity index (χ3n) is 4.21. The number of nitrogens with two attached hydrogens (primary N) is 1. The molecule has 1 fully saturated rings. The Morgan fingerprint density at radius 2 is 1.96 bits per heavy atom. The van der Waals surface area contributed by atoms with Gasteiger partial charge in [0.05, 0.1) is 17.3 Å². The summed E-state index contributed by atoms with van der Waals surface area (Å²) >= 11 is 6.27. The van der Waals surface area contributed by atoms with Gasteiger partial charge >= 0.3 is 0 Å². The van der Waals surface area contributed by atoms with E-state index in [1.807, 2.05) is 12.1 Å². The van der Waals surface area contributed by atoms with Crippen LogP contribution in [0.3, 0.4) is 0 Å². The Morgan fingerprint density at radius 1 is 1.17 bits per heavy atom. The molecule has 0 aliphatic carbocycles. The molecular weight excluding hydrogens is 315 g/mol. The maximum absolute atomic E-state index is 13.1. The number of hydrogen-bond acceptors (Lipinski definition) is 3. The number of hydrogen-bond donors (Lipinski definition) is 1. The SMILES string of the molecule is Nc1ccc(N2CCC(COc3cccc(F)c3)CC2)c(Cl)c1. The third kappa shape index (κ3) is 4.08. The van der Waals surface area contributed by atoms with Crippen molar-refractivity contribution in [3.8, 4) is 5.75 Å². The summed E-state index contributed by atoms with van der Waals surface area (Å²) in [5, 5.41) is 0.694. The molecule has 1 aliphatic rings. The standard InChI is InChI=1S/C18H20ClFN2O/c19-17-11-15(21)4-5-18(17)22-8-6-13(7-9-22)12-23-16-3-1-2-14(20)10-16/h1-5,10-11,13H,6-9,12,21H2. The lowest BCUT2D eigenvalue weighted by Crippen LogP contribution is -2.35. The molecule has 2 aromatic carbocycles. The summed E-state index contributed by atoms with van der Waals surface area (Å²) in [5.74, 6) is 0.798. The predicted octanol–water partition coefficient (Wildman–Crippen LogP) is 4.36. The van der Waals surface area contributed by atoms with Crippen LogP contribution in [-0.4, -0.2) is 19.7 Å². The predicted molar refractivity (Wildman–Crippen MR) is 92.7 cm³/mol. The highest BCUT2D eigenvalue weighted by atomic mass is 35.5. The van der Waals surface area contributed by atoms with Crippen LogP contribution < -0.4 is 15.4 Å². The molecule has 0 amide bonds. The number of piperidine rings is 1. The zero-order valence-corrected chi connectivity index (χ0v) is 13.6. The van der Waals surface area contributed by atoms with Gasteiger partial charge in [0.2, 0.25) is 0 Å². The first-order chi connectivity index (χ1) is 11.1. The van der Waals surface area contributed by atoms with E-state index in [1.54, 1.807) is 18.2 Å². The van der Waals surface area contributed by atoms with Gasteiger partial charge in [0.25, 0.3) is 0 Å². The van der Waals surface area contributed by atoms with E-state index >= 15 is 0 Å². The Morgan fingerprint density at radius 3 is 2.65 bits per heavy atom. The van der Waals surface area contributed by atoms with Crippen LogP contribution in [0.5, 0.6) is 5.75 Å². The van der Waals surface area contributed by atoms with Crippen molar-refractivity contribution in [2.24, 2.45) is 5.92 Å². The zero-order chi connectivity index (χ0) is 16.2. The quantitative estimate of drug-likeness (QED) is 0.844. The number of benzene rings is 2. The highest BCUT2D eigenvalue weighted by Gasteiger charge is 2.21. The van der Waals surface area contributed by atoms with E-state index in [2.05, 4.69) is 4.90 Å². The lowest BCUT2D eigenvalue weighted by molar-refractivity contribution is 0.222. The average Bonchev–Trinajstić information content (AvgIpc) is 2.54. The fourth-order valence-electron chi connectivity index (χ4n) is 2.89. The smallest absolute Gasteiger partial charge is 0.126 e. The van der Waals surface area contributed by atoms with Crippen LogP contribution in [0.1, 0.15) is 12.8 Å². The molecule has 0 radical (unpaired) electrons. The molecule has 1 saturated heterocycles. The second-order valence-corrected chi connectivity index (χ2v) is 6.32. The van der Waals surface area contributed by atoms with Crippen molar-refractivity contribution in [1.82, 2.24) is 0 Å². The van der Waals surface area contributed by atoms with Crippen molar-refractivity contribution in [1.29, 1.82) is 0 Å². The Labute approximate surface area is 140 Å².